The first-order valence-electron chi connectivity index (χ1n) is 10.2. The summed E-state index contributed by atoms with van der Waals surface area (Å²) in [6.07, 6.45) is 0.635. The van der Waals surface area contributed by atoms with Crippen LogP contribution in [-0.4, -0.2) is 41.9 Å². The summed E-state index contributed by atoms with van der Waals surface area (Å²) in [7, 11) is 0. The van der Waals surface area contributed by atoms with E-state index in [0.717, 1.165) is 10.7 Å². The van der Waals surface area contributed by atoms with E-state index < -0.39 is 11.2 Å². The van der Waals surface area contributed by atoms with Crippen molar-refractivity contribution in [3.05, 3.63) is 87.8 Å². The van der Waals surface area contributed by atoms with Gasteiger partial charge in [0.15, 0.2) is 0 Å². The lowest BCUT2D eigenvalue weighted by molar-refractivity contribution is -0.384. The topological polar surface area (TPSA) is 142 Å². The van der Waals surface area contributed by atoms with Gasteiger partial charge in [-0.05, 0) is 31.2 Å². The molecule has 0 saturated heterocycles. The van der Waals surface area contributed by atoms with Gasteiger partial charge in [-0.15, -0.1) is 10.2 Å². The zero-order valence-corrected chi connectivity index (χ0v) is 18.0. The van der Waals surface area contributed by atoms with Gasteiger partial charge in [0.2, 0.25) is 18.0 Å². The maximum Gasteiger partial charge on any atom is 0.269 e. The third-order valence-electron chi connectivity index (χ3n) is 5.15. The Labute approximate surface area is 192 Å². The number of hydrogen-bond acceptors (Lipinski definition) is 9. The monoisotopic (exact) mass is 459 g/mol. The van der Waals surface area contributed by atoms with E-state index in [1.54, 1.807) is 13.1 Å². The van der Waals surface area contributed by atoms with Crippen LogP contribution in [0.25, 0.3) is 17.1 Å². The number of aromatic nitrogens is 4. The Morgan fingerprint density at radius 3 is 2.53 bits per heavy atom. The van der Waals surface area contributed by atoms with Gasteiger partial charge in [-0.3, -0.25) is 14.9 Å². The van der Waals surface area contributed by atoms with Crippen molar-refractivity contribution in [2.24, 2.45) is 5.10 Å². The van der Waals surface area contributed by atoms with Crippen LogP contribution in [0.1, 0.15) is 30.0 Å². The largest absolute Gasteiger partial charge is 0.446 e. The number of non-ortho nitro benzene ring substituents is 1. The van der Waals surface area contributed by atoms with Crippen molar-refractivity contribution in [1.82, 2.24) is 25.2 Å². The molecule has 1 amide bonds. The molecule has 3 heterocycles. The van der Waals surface area contributed by atoms with Crippen molar-refractivity contribution in [2.45, 2.75) is 20.1 Å². The summed E-state index contributed by atoms with van der Waals surface area (Å²) in [5.41, 5.74) is 2.42. The zero-order chi connectivity index (χ0) is 23.8. The Balaban J connectivity index is 1.49. The number of rotatable bonds is 5. The van der Waals surface area contributed by atoms with Gasteiger partial charge < -0.3 is 9.26 Å². The van der Waals surface area contributed by atoms with Crippen molar-refractivity contribution >= 4 is 17.5 Å². The van der Waals surface area contributed by atoms with Crippen LogP contribution in [0.3, 0.4) is 0 Å². The fraction of sp³-hybridized carbons (Fsp3) is 0.136. The SMILES string of the molecule is CC(=O)N1N=C(c2c(-c3cnn(-c4ccccc4)n3)noc2C)OC1c1ccc([N+](=O)[O-])cc1. The first kappa shape index (κ1) is 21.0. The second-order valence-corrected chi connectivity index (χ2v) is 7.40. The van der Waals surface area contributed by atoms with Crippen LogP contribution in [0, 0.1) is 17.0 Å². The van der Waals surface area contributed by atoms with Crippen molar-refractivity contribution in [2.75, 3.05) is 0 Å². The molecule has 1 aliphatic heterocycles. The molecule has 0 N–H and O–H groups in total. The van der Waals surface area contributed by atoms with Gasteiger partial charge in [-0.25, -0.2) is 0 Å². The van der Waals surface area contributed by atoms with E-state index in [2.05, 4.69) is 20.5 Å². The molecule has 2 aromatic heterocycles. The van der Waals surface area contributed by atoms with E-state index in [4.69, 9.17) is 9.26 Å². The average molecular weight is 459 g/mol. The molecule has 0 saturated carbocycles. The third kappa shape index (κ3) is 3.66. The molecule has 4 aromatic rings. The van der Waals surface area contributed by atoms with Crippen LogP contribution < -0.4 is 0 Å². The van der Waals surface area contributed by atoms with Crippen molar-refractivity contribution in [3.8, 4) is 17.1 Å². The molecule has 1 unspecified atom stereocenters. The maximum absolute atomic E-state index is 12.3. The van der Waals surface area contributed by atoms with Crippen LogP contribution >= 0.6 is 0 Å². The summed E-state index contributed by atoms with van der Waals surface area (Å²) in [6, 6.07) is 15.1. The van der Waals surface area contributed by atoms with Gasteiger partial charge in [0.05, 0.1) is 16.8 Å². The molecule has 0 radical (unpaired) electrons. The number of carbonyl (C=O) groups excluding carboxylic acids is 1. The summed E-state index contributed by atoms with van der Waals surface area (Å²) in [6.45, 7) is 3.04. The Bertz CT molecular complexity index is 1410. The fourth-order valence-corrected chi connectivity index (χ4v) is 3.50. The van der Waals surface area contributed by atoms with E-state index in [1.165, 1.54) is 36.0 Å². The molecule has 34 heavy (non-hydrogen) atoms. The number of nitro benzene ring substituents is 1. The van der Waals surface area contributed by atoms with Gasteiger partial charge in [0.25, 0.3) is 5.69 Å². The van der Waals surface area contributed by atoms with E-state index >= 15 is 0 Å². The molecule has 1 atom stereocenters. The number of hydrazone groups is 1. The average Bonchev–Trinajstić information content (AvgIpc) is 3.57. The number of amides is 1. The highest BCUT2D eigenvalue weighted by molar-refractivity contribution is 6.01. The maximum atomic E-state index is 12.3. The van der Waals surface area contributed by atoms with E-state index in [9.17, 15) is 14.9 Å². The summed E-state index contributed by atoms with van der Waals surface area (Å²) >= 11 is 0. The summed E-state index contributed by atoms with van der Waals surface area (Å²) in [5.74, 6) is 0.154. The van der Waals surface area contributed by atoms with Gasteiger partial charge >= 0.3 is 0 Å². The van der Waals surface area contributed by atoms with E-state index in [0.29, 0.717) is 28.3 Å². The van der Waals surface area contributed by atoms with E-state index in [-0.39, 0.29) is 17.5 Å². The summed E-state index contributed by atoms with van der Waals surface area (Å²) in [5, 5.41) is 29.4. The number of carbonyl (C=O) groups is 1. The van der Waals surface area contributed by atoms with Crippen LogP contribution in [0.15, 0.2) is 70.4 Å². The van der Waals surface area contributed by atoms with Gasteiger partial charge in [-0.1, -0.05) is 23.4 Å². The predicted octanol–water partition coefficient (Wildman–Crippen LogP) is 3.38. The minimum Gasteiger partial charge on any atom is -0.446 e. The van der Waals surface area contributed by atoms with Gasteiger partial charge in [-0.2, -0.15) is 14.9 Å². The molecule has 0 spiro atoms. The van der Waals surface area contributed by atoms with Gasteiger partial charge in [0.1, 0.15) is 22.7 Å². The second kappa shape index (κ2) is 8.24. The molecule has 1 aliphatic rings. The Hall–Kier alpha value is -4.87. The number of nitro groups is 1. The second-order valence-electron chi connectivity index (χ2n) is 7.40. The van der Waals surface area contributed by atoms with Gasteiger partial charge in [0, 0.05) is 24.6 Å². The molecule has 0 aliphatic carbocycles. The Morgan fingerprint density at radius 2 is 1.85 bits per heavy atom. The first-order valence-corrected chi connectivity index (χ1v) is 10.2. The summed E-state index contributed by atoms with van der Waals surface area (Å²) < 4.78 is 11.4. The number of ether oxygens (including phenoxy) is 1. The number of nitrogens with zero attached hydrogens (tertiary/aromatic N) is 7. The Morgan fingerprint density at radius 1 is 1.12 bits per heavy atom. The highest BCUT2D eigenvalue weighted by Gasteiger charge is 2.36. The number of para-hydroxylation sites is 1. The predicted molar refractivity (Wildman–Crippen MR) is 118 cm³/mol. The summed E-state index contributed by atoms with van der Waals surface area (Å²) in [4.78, 5) is 24.2. The Kier molecular flexibility index (Phi) is 5.09. The molecular weight excluding hydrogens is 442 g/mol. The minimum absolute atomic E-state index is 0.0732. The standard InChI is InChI=1S/C22H17N7O5/c1-13-19(20(26-34-13)18-12-23-28(24-18)16-6-4-3-5-7-16)21-25-27(14(2)30)22(33-21)15-8-10-17(11-9-15)29(31)32/h3-12,22H,1-2H3. The highest BCUT2D eigenvalue weighted by atomic mass is 16.6. The number of benzene rings is 2. The molecule has 12 nitrogen and oxygen atoms in total. The van der Waals surface area contributed by atoms with Crippen LogP contribution in [-0.2, 0) is 9.53 Å². The van der Waals surface area contributed by atoms with Crippen molar-refractivity contribution in [1.29, 1.82) is 0 Å². The quantitative estimate of drug-likeness (QED) is 0.327. The first-order chi connectivity index (χ1) is 16.4. The lowest BCUT2D eigenvalue weighted by Crippen LogP contribution is -2.25. The molecule has 2 aromatic carbocycles. The number of aryl methyl sites for hydroxylation is 1. The molecule has 0 bridgehead atoms. The molecule has 0 fully saturated rings. The normalized spacial score (nSPS) is 15.2. The highest BCUT2D eigenvalue weighted by Crippen LogP contribution is 2.34. The smallest absolute Gasteiger partial charge is 0.269 e. The van der Waals surface area contributed by atoms with Crippen molar-refractivity contribution < 1.29 is 19.0 Å². The molecular formula is C22H17N7O5. The van der Waals surface area contributed by atoms with Crippen LogP contribution in [0.2, 0.25) is 0 Å². The van der Waals surface area contributed by atoms with Crippen molar-refractivity contribution in [3.63, 3.8) is 0 Å². The third-order valence-corrected chi connectivity index (χ3v) is 5.15. The molecule has 170 valence electrons. The molecule has 5 rings (SSSR count). The zero-order valence-electron chi connectivity index (χ0n) is 18.0. The fourth-order valence-electron chi connectivity index (χ4n) is 3.50. The lowest BCUT2D eigenvalue weighted by Gasteiger charge is -2.19. The lowest BCUT2D eigenvalue weighted by atomic mass is 10.1. The van der Waals surface area contributed by atoms with Crippen LogP contribution in [0.4, 0.5) is 5.69 Å². The van der Waals surface area contributed by atoms with E-state index in [1.807, 2.05) is 30.3 Å². The van der Waals surface area contributed by atoms with Crippen LogP contribution in [0.5, 0.6) is 0 Å². The number of hydrogen-bond donors (Lipinski definition) is 0. The minimum atomic E-state index is -0.907. The molecule has 12 heteroatoms.